The molecule has 0 bridgehead atoms. The van der Waals surface area contributed by atoms with Crippen LogP contribution in [0.2, 0.25) is 0 Å². The van der Waals surface area contributed by atoms with E-state index < -0.39 is 33.8 Å². The van der Waals surface area contributed by atoms with E-state index in [9.17, 15) is 26.4 Å². The molecule has 1 N–H and O–H groups in total. The molecule has 0 spiro atoms. The van der Waals surface area contributed by atoms with Gasteiger partial charge in [0.25, 0.3) is 0 Å². The molecule has 1 fully saturated rings. The zero-order valence-electron chi connectivity index (χ0n) is 11.6. The predicted molar refractivity (Wildman–Crippen MR) is 70.7 cm³/mol. The topological polar surface area (TPSA) is 74.7 Å². The van der Waals surface area contributed by atoms with Gasteiger partial charge >= 0.3 is 12.1 Å². The van der Waals surface area contributed by atoms with Gasteiger partial charge < -0.3 is 5.11 Å². The van der Waals surface area contributed by atoms with Crippen LogP contribution in [0.15, 0.2) is 23.1 Å². The third-order valence-electron chi connectivity index (χ3n) is 3.58. The highest BCUT2D eigenvalue weighted by Gasteiger charge is 2.40. The number of carboxylic acid groups (broad SMARTS) is 1. The average molecular weight is 337 g/mol. The summed E-state index contributed by atoms with van der Waals surface area (Å²) in [7, 11) is -4.14. The quantitative estimate of drug-likeness (QED) is 0.918. The van der Waals surface area contributed by atoms with Crippen molar-refractivity contribution < 1.29 is 31.5 Å². The number of nitrogens with zero attached hydrogens (tertiary/aromatic N) is 1. The lowest BCUT2D eigenvalue weighted by Gasteiger charge is -2.22. The molecule has 9 heteroatoms. The smallest absolute Gasteiger partial charge is 0.416 e. The highest BCUT2D eigenvalue weighted by molar-refractivity contribution is 7.89. The molecule has 0 amide bonds. The fourth-order valence-corrected chi connectivity index (χ4v) is 4.37. The van der Waals surface area contributed by atoms with Gasteiger partial charge in [0.05, 0.1) is 10.5 Å². The number of halogens is 3. The zero-order chi connectivity index (χ0) is 16.7. The van der Waals surface area contributed by atoms with Crippen LogP contribution in [0.3, 0.4) is 0 Å². The van der Waals surface area contributed by atoms with Crippen LogP contribution in [-0.2, 0) is 21.0 Å². The Balaban J connectivity index is 2.44. The molecule has 1 atom stereocenters. The van der Waals surface area contributed by atoms with Crippen LogP contribution < -0.4 is 0 Å². The first kappa shape index (κ1) is 16.8. The molecule has 1 heterocycles. The summed E-state index contributed by atoms with van der Waals surface area (Å²) in [5, 5.41) is 9.06. The molecule has 1 saturated heterocycles. The van der Waals surface area contributed by atoms with Crippen LogP contribution in [0.1, 0.15) is 24.0 Å². The molecule has 1 aromatic rings. The fourth-order valence-electron chi connectivity index (χ4n) is 2.52. The molecule has 1 aromatic carbocycles. The third kappa shape index (κ3) is 2.95. The van der Waals surface area contributed by atoms with Crippen molar-refractivity contribution in [1.29, 1.82) is 0 Å². The molecule has 122 valence electrons. The van der Waals surface area contributed by atoms with E-state index in [-0.39, 0.29) is 23.4 Å². The van der Waals surface area contributed by atoms with E-state index in [1.54, 1.807) is 0 Å². The molecule has 22 heavy (non-hydrogen) atoms. The summed E-state index contributed by atoms with van der Waals surface area (Å²) >= 11 is 0. The van der Waals surface area contributed by atoms with Crippen molar-refractivity contribution in [3.63, 3.8) is 0 Å². The van der Waals surface area contributed by atoms with Gasteiger partial charge in [-0.25, -0.2) is 8.42 Å². The summed E-state index contributed by atoms with van der Waals surface area (Å²) in [5.74, 6) is -1.26. The monoisotopic (exact) mass is 337 g/mol. The van der Waals surface area contributed by atoms with E-state index in [4.69, 9.17) is 5.11 Å². The number of carbonyl (C=O) groups is 1. The number of aliphatic carboxylic acids is 1. The Bertz CT molecular complexity index is 700. The molecule has 0 saturated carbocycles. The number of hydrogen-bond acceptors (Lipinski definition) is 3. The van der Waals surface area contributed by atoms with Crippen molar-refractivity contribution in [2.75, 3.05) is 6.54 Å². The molecule has 5 nitrogen and oxygen atoms in total. The van der Waals surface area contributed by atoms with Gasteiger partial charge in [-0.15, -0.1) is 0 Å². The Hall–Kier alpha value is -1.61. The normalized spacial score (nSPS) is 20.3. The van der Waals surface area contributed by atoms with Crippen LogP contribution in [0.4, 0.5) is 13.2 Å². The second kappa shape index (κ2) is 5.54. The first-order valence-corrected chi connectivity index (χ1v) is 7.91. The van der Waals surface area contributed by atoms with E-state index in [0.717, 1.165) is 16.4 Å². The second-order valence-electron chi connectivity index (χ2n) is 5.09. The Morgan fingerprint density at radius 3 is 2.50 bits per heavy atom. The standard InChI is InChI=1S/C13H14F3NO4S/c1-8-7-9(13(14,15)16)4-5-11(8)22(20,21)17-6-2-3-10(17)12(18)19/h4-5,7,10H,2-3,6H2,1H3,(H,18,19)/t10-/m1/s1. The Kier molecular flexibility index (Phi) is 4.22. The Morgan fingerprint density at radius 2 is 2.00 bits per heavy atom. The van der Waals surface area contributed by atoms with Crippen molar-refractivity contribution in [2.45, 2.75) is 36.9 Å². The average Bonchev–Trinajstić information content (AvgIpc) is 2.87. The Labute approximate surface area is 125 Å². The minimum Gasteiger partial charge on any atom is -0.480 e. The molecule has 0 aliphatic carbocycles. The summed E-state index contributed by atoms with van der Waals surface area (Å²) in [6, 6.07) is 1.14. The van der Waals surface area contributed by atoms with Crippen LogP contribution >= 0.6 is 0 Å². The van der Waals surface area contributed by atoms with Gasteiger partial charge in [0.2, 0.25) is 10.0 Å². The highest BCUT2D eigenvalue weighted by Crippen LogP contribution is 2.33. The van der Waals surface area contributed by atoms with E-state index in [1.165, 1.54) is 6.92 Å². The van der Waals surface area contributed by atoms with Gasteiger partial charge in [-0.2, -0.15) is 17.5 Å². The molecule has 1 aliphatic rings. The van der Waals surface area contributed by atoms with Gasteiger partial charge in [0.1, 0.15) is 6.04 Å². The summed E-state index contributed by atoms with van der Waals surface area (Å²) in [6.45, 7) is 1.30. The number of carboxylic acids is 1. The maximum atomic E-state index is 12.6. The van der Waals surface area contributed by atoms with Crippen LogP contribution in [0.25, 0.3) is 0 Å². The maximum absolute atomic E-state index is 12.6. The van der Waals surface area contributed by atoms with Crippen LogP contribution in [0.5, 0.6) is 0 Å². The lowest BCUT2D eigenvalue weighted by atomic mass is 10.1. The predicted octanol–water partition coefficient (Wildman–Crippen LogP) is 2.25. The number of rotatable bonds is 3. The van der Waals surface area contributed by atoms with E-state index >= 15 is 0 Å². The van der Waals surface area contributed by atoms with Gasteiger partial charge in [-0.3, -0.25) is 4.79 Å². The largest absolute Gasteiger partial charge is 0.480 e. The van der Waals surface area contributed by atoms with E-state index in [0.29, 0.717) is 12.5 Å². The van der Waals surface area contributed by atoms with Crippen molar-refractivity contribution in [1.82, 2.24) is 4.31 Å². The summed E-state index contributed by atoms with van der Waals surface area (Å²) in [5.41, 5.74) is -1.01. The number of alkyl halides is 3. The maximum Gasteiger partial charge on any atom is 0.416 e. The summed E-state index contributed by atoms with van der Waals surface area (Å²) in [6.07, 6.45) is -3.98. The SMILES string of the molecule is Cc1cc(C(F)(F)F)ccc1S(=O)(=O)N1CCC[C@@H]1C(=O)O. The van der Waals surface area contributed by atoms with Gasteiger partial charge in [0.15, 0.2) is 0 Å². The van der Waals surface area contributed by atoms with Crippen molar-refractivity contribution >= 4 is 16.0 Å². The van der Waals surface area contributed by atoms with Crippen LogP contribution in [0, 0.1) is 6.92 Å². The van der Waals surface area contributed by atoms with Gasteiger partial charge in [-0.05, 0) is 43.5 Å². The van der Waals surface area contributed by atoms with Crippen LogP contribution in [-0.4, -0.2) is 36.4 Å². The van der Waals surface area contributed by atoms with Gasteiger partial charge in [0, 0.05) is 6.54 Å². The van der Waals surface area contributed by atoms with E-state index in [1.807, 2.05) is 0 Å². The molecule has 0 aromatic heterocycles. The lowest BCUT2D eigenvalue weighted by Crippen LogP contribution is -2.40. The van der Waals surface area contributed by atoms with Gasteiger partial charge in [-0.1, -0.05) is 0 Å². The first-order chi connectivity index (χ1) is 10.0. The molecule has 2 rings (SSSR count). The Morgan fingerprint density at radius 1 is 1.36 bits per heavy atom. The van der Waals surface area contributed by atoms with Crippen molar-refractivity contribution in [2.24, 2.45) is 0 Å². The molecular weight excluding hydrogens is 323 g/mol. The zero-order valence-corrected chi connectivity index (χ0v) is 12.4. The molecule has 0 radical (unpaired) electrons. The fraction of sp³-hybridized carbons (Fsp3) is 0.462. The van der Waals surface area contributed by atoms with Crippen molar-refractivity contribution in [3.05, 3.63) is 29.3 Å². The number of sulfonamides is 1. The second-order valence-corrected chi connectivity index (χ2v) is 6.95. The summed E-state index contributed by atoms with van der Waals surface area (Å²) < 4.78 is 63.7. The summed E-state index contributed by atoms with van der Waals surface area (Å²) in [4.78, 5) is 10.8. The minimum atomic E-state index is -4.57. The minimum absolute atomic E-state index is 0.0414. The molecular formula is C13H14F3NO4S. The number of hydrogen-bond donors (Lipinski definition) is 1. The number of aryl methyl sites for hydroxylation is 1. The molecule has 1 aliphatic heterocycles. The first-order valence-electron chi connectivity index (χ1n) is 6.47. The highest BCUT2D eigenvalue weighted by atomic mass is 32.2. The lowest BCUT2D eigenvalue weighted by molar-refractivity contribution is -0.140. The van der Waals surface area contributed by atoms with E-state index in [2.05, 4.69) is 0 Å². The third-order valence-corrected chi connectivity index (χ3v) is 5.65. The number of benzene rings is 1. The molecule has 0 unspecified atom stereocenters. The van der Waals surface area contributed by atoms with Crippen molar-refractivity contribution in [3.8, 4) is 0 Å².